The Hall–Kier alpha value is -2.78. The number of benzene rings is 2. The quantitative estimate of drug-likeness (QED) is 0.754. The van der Waals surface area contributed by atoms with Gasteiger partial charge in [-0.05, 0) is 56.2 Å². The van der Waals surface area contributed by atoms with Crippen LogP contribution in [0.3, 0.4) is 0 Å². The molecule has 2 aromatic carbocycles. The minimum atomic E-state index is -3.68. The molecule has 1 N–H and O–H groups in total. The van der Waals surface area contributed by atoms with E-state index in [1.807, 2.05) is 6.92 Å². The van der Waals surface area contributed by atoms with Crippen LogP contribution >= 0.6 is 0 Å². The Balaban J connectivity index is 1.43. The van der Waals surface area contributed by atoms with E-state index >= 15 is 0 Å². The van der Waals surface area contributed by atoms with E-state index in [1.165, 1.54) is 16.4 Å². The van der Waals surface area contributed by atoms with Crippen molar-refractivity contribution in [3.05, 3.63) is 42.5 Å². The molecule has 2 aliphatic rings. The van der Waals surface area contributed by atoms with E-state index in [-0.39, 0.29) is 24.1 Å². The van der Waals surface area contributed by atoms with Crippen LogP contribution < -0.4 is 19.5 Å². The van der Waals surface area contributed by atoms with Crippen molar-refractivity contribution in [1.29, 1.82) is 0 Å². The van der Waals surface area contributed by atoms with E-state index in [2.05, 4.69) is 5.32 Å². The molecule has 2 aliphatic heterocycles. The third-order valence-electron chi connectivity index (χ3n) is 5.17. The van der Waals surface area contributed by atoms with Crippen molar-refractivity contribution in [2.24, 2.45) is 5.92 Å². The average molecular weight is 432 g/mol. The van der Waals surface area contributed by atoms with Gasteiger partial charge in [-0.15, -0.1) is 0 Å². The van der Waals surface area contributed by atoms with E-state index in [4.69, 9.17) is 14.2 Å². The third kappa shape index (κ3) is 4.22. The first-order valence-electron chi connectivity index (χ1n) is 9.91. The summed E-state index contributed by atoms with van der Waals surface area (Å²) in [5.74, 6) is 1.20. The molecule has 9 heteroatoms. The van der Waals surface area contributed by atoms with Crippen LogP contribution in [-0.2, 0) is 14.8 Å². The first-order valence-corrected chi connectivity index (χ1v) is 11.3. The van der Waals surface area contributed by atoms with Gasteiger partial charge in [0.1, 0.15) is 5.75 Å². The van der Waals surface area contributed by atoms with Crippen LogP contribution in [0.1, 0.15) is 19.8 Å². The van der Waals surface area contributed by atoms with Crippen molar-refractivity contribution in [3.63, 3.8) is 0 Å². The fourth-order valence-corrected chi connectivity index (χ4v) is 5.14. The molecule has 0 saturated carbocycles. The highest BCUT2D eigenvalue weighted by atomic mass is 32.2. The van der Waals surface area contributed by atoms with E-state index < -0.39 is 15.9 Å². The van der Waals surface area contributed by atoms with Crippen molar-refractivity contribution in [3.8, 4) is 17.2 Å². The lowest BCUT2D eigenvalue weighted by Gasteiger charge is -2.31. The first-order chi connectivity index (χ1) is 14.5. The molecule has 1 saturated heterocycles. The highest BCUT2D eigenvalue weighted by Crippen LogP contribution is 2.34. The Kier molecular flexibility index (Phi) is 5.83. The zero-order chi connectivity index (χ0) is 21.1. The predicted octanol–water partition coefficient (Wildman–Crippen LogP) is 2.85. The van der Waals surface area contributed by atoms with Gasteiger partial charge in [0.2, 0.25) is 22.7 Å². The van der Waals surface area contributed by atoms with Gasteiger partial charge in [-0.3, -0.25) is 4.79 Å². The van der Waals surface area contributed by atoms with Crippen LogP contribution in [0.15, 0.2) is 47.4 Å². The van der Waals surface area contributed by atoms with E-state index in [0.717, 1.165) is 0 Å². The molecule has 2 aromatic rings. The number of anilines is 1. The Labute approximate surface area is 175 Å². The fourth-order valence-electron chi connectivity index (χ4n) is 3.62. The minimum Gasteiger partial charge on any atom is -0.494 e. The van der Waals surface area contributed by atoms with Crippen molar-refractivity contribution in [1.82, 2.24) is 4.31 Å². The van der Waals surface area contributed by atoms with E-state index in [0.29, 0.717) is 48.9 Å². The molecule has 0 unspecified atom stereocenters. The summed E-state index contributed by atoms with van der Waals surface area (Å²) in [6.07, 6.45) is 1.25. The summed E-state index contributed by atoms with van der Waals surface area (Å²) in [6.45, 7) is 3.08. The number of amides is 1. The summed E-state index contributed by atoms with van der Waals surface area (Å²) in [6, 6.07) is 11.5. The summed E-state index contributed by atoms with van der Waals surface area (Å²) < 4.78 is 43.4. The number of hydrogen-bond donors (Lipinski definition) is 1. The number of hydrogen-bond acceptors (Lipinski definition) is 6. The molecule has 1 atom stereocenters. The normalized spacial score (nSPS) is 18.8. The number of nitrogens with one attached hydrogen (secondary N) is 1. The van der Waals surface area contributed by atoms with Gasteiger partial charge in [0.05, 0.1) is 17.4 Å². The second-order valence-corrected chi connectivity index (χ2v) is 9.10. The molecule has 0 aromatic heterocycles. The SMILES string of the molecule is CCOc1ccc(S(=O)(=O)N2CCC[C@H](C(=O)Nc3ccc4c(c3)OCO4)C2)cc1. The number of carbonyl (C=O) groups excluding carboxylic acids is 1. The smallest absolute Gasteiger partial charge is 0.243 e. The zero-order valence-corrected chi connectivity index (χ0v) is 17.5. The molecular weight excluding hydrogens is 408 g/mol. The van der Waals surface area contributed by atoms with E-state index in [9.17, 15) is 13.2 Å². The molecular formula is C21H24N2O6S. The molecule has 0 spiro atoms. The van der Waals surface area contributed by atoms with Gasteiger partial charge in [-0.1, -0.05) is 0 Å². The maximum absolute atomic E-state index is 13.0. The highest BCUT2D eigenvalue weighted by molar-refractivity contribution is 7.89. The standard InChI is InChI=1S/C21H24N2O6S/c1-2-27-17-6-8-18(9-7-17)30(25,26)23-11-3-4-15(13-23)21(24)22-16-5-10-19-20(12-16)29-14-28-19/h5-10,12,15H,2-4,11,13-14H2,1H3,(H,22,24)/t15-/m0/s1. The van der Waals surface area contributed by atoms with Gasteiger partial charge in [-0.2, -0.15) is 4.31 Å². The molecule has 0 bridgehead atoms. The molecule has 30 heavy (non-hydrogen) atoms. The van der Waals surface area contributed by atoms with Gasteiger partial charge in [-0.25, -0.2) is 8.42 Å². The molecule has 160 valence electrons. The monoisotopic (exact) mass is 432 g/mol. The van der Waals surface area contributed by atoms with E-state index in [1.54, 1.807) is 30.3 Å². The molecule has 2 heterocycles. The van der Waals surface area contributed by atoms with Gasteiger partial charge < -0.3 is 19.5 Å². The van der Waals surface area contributed by atoms with Gasteiger partial charge in [0.25, 0.3) is 0 Å². The van der Waals surface area contributed by atoms with Crippen molar-refractivity contribution < 1.29 is 27.4 Å². The lowest BCUT2D eigenvalue weighted by Crippen LogP contribution is -2.43. The van der Waals surface area contributed by atoms with Crippen molar-refractivity contribution in [2.45, 2.75) is 24.7 Å². The maximum Gasteiger partial charge on any atom is 0.243 e. The summed E-state index contributed by atoms with van der Waals surface area (Å²) in [7, 11) is -3.68. The van der Waals surface area contributed by atoms with Crippen LogP contribution in [0.25, 0.3) is 0 Å². The lowest BCUT2D eigenvalue weighted by atomic mass is 9.98. The molecule has 1 fully saturated rings. The average Bonchev–Trinajstić information content (AvgIpc) is 3.22. The second kappa shape index (κ2) is 8.53. The molecule has 0 radical (unpaired) electrons. The minimum absolute atomic E-state index is 0.145. The Morgan fingerprint density at radius 1 is 1.17 bits per heavy atom. The number of carbonyl (C=O) groups is 1. The molecule has 1 amide bonds. The summed E-state index contributed by atoms with van der Waals surface area (Å²) >= 11 is 0. The Morgan fingerprint density at radius 3 is 2.70 bits per heavy atom. The maximum atomic E-state index is 13.0. The second-order valence-electron chi connectivity index (χ2n) is 7.16. The number of piperidine rings is 1. The lowest BCUT2D eigenvalue weighted by molar-refractivity contribution is -0.120. The Bertz CT molecular complexity index is 1020. The Morgan fingerprint density at radius 2 is 1.93 bits per heavy atom. The van der Waals surface area contributed by atoms with Crippen LogP contribution in [0.2, 0.25) is 0 Å². The van der Waals surface area contributed by atoms with Crippen molar-refractivity contribution in [2.75, 3.05) is 31.8 Å². The van der Waals surface area contributed by atoms with Crippen LogP contribution in [0, 0.1) is 5.92 Å². The van der Waals surface area contributed by atoms with Crippen molar-refractivity contribution >= 4 is 21.6 Å². The summed E-state index contributed by atoms with van der Waals surface area (Å²) in [4.78, 5) is 13.0. The third-order valence-corrected chi connectivity index (χ3v) is 7.05. The number of ether oxygens (including phenoxy) is 3. The highest BCUT2D eigenvalue weighted by Gasteiger charge is 2.33. The first kappa shape index (κ1) is 20.5. The largest absolute Gasteiger partial charge is 0.494 e. The van der Waals surface area contributed by atoms with Gasteiger partial charge in [0.15, 0.2) is 11.5 Å². The number of sulfonamides is 1. The number of nitrogens with zero attached hydrogens (tertiary/aromatic N) is 1. The topological polar surface area (TPSA) is 94.2 Å². The van der Waals surface area contributed by atoms with Gasteiger partial charge in [0, 0.05) is 24.8 Å². The summed E-state index contributed by atoms with van der Waals surface area (Å²) in [5.41, 5.74) is 0.593. The fraction of sp³-hybridized carbons (Fsp3) is 0.381. The number of fused-ring (bicyclic) bond motifs is 1. The zero-order valence-electron chi connectivity index (χ0n) is 16.7. The predicted molar refractivity (Wildman–Crippen MR) is 110 cm³/mol. The van der Waals surface area contributed by atoms with Gasteiger partial charge >= 0.3 is 0 Å². The van der Waals surface area contributed by atoms with Crippen LogP contribution in [-0.4, -0.2) is 45.1 Å². The van der Waals surface area contributed by atoms with Crippen LogP contribution in [0.4, 0.5) is 5.69 Å². The molecule has 0 aliphatic carbocycles. The number of rotatable bonds is 6. The molecule has 4 rings (SSSR count). The van der Waals surface area contributed by atoms with Crippen LogP contribution in [0.5, 0.6) is 17.2 Å². The molecule has 8 nitrogen and oxygen atoms in total. The summed E-state index contributed by atoms with van der Waals surface area (Å²) in [5, 5.41) is 2.86.